The minimum absolute atomic E-state index is 0.292. The van der Waals surface area contributed by atoms with Crippen molar-refractivity contribution in [3.8, 4) is 0 Å². The van der Waals surface area contributed by atoms with Gasteiger partial charge in [-0.05, 0) is 39.5 Å². The Kier molecular flexibility index (Phi) is 7.76. The molecule has 2 unspecified atom stereocenters. The van der Waals surface area contributed by atoms with Gasteiger partial charge in [-0.2, -0.15) is 0 Å². The number of ether oxygens (including phenoxy) is 1. The summed E-state index contributed by atoms with van der Waals surface area (Å²) in [7, 11) is -3.14. The molecule has 1 fully saturated rings. The molecule has 0 aliphatic heterocycles. The fourth-order valence-corrected chi connectivity index (χ4v) is 3.22. The fraction of sp³-hybridized carbons (Fsp3) is 0.933. The topological polar surface area (TPSA) is 96.5 Å². The van der Waals surface area contributed by atoms with E-state index in [2.05, 4.69) is 15.4 Å². The summed E-state index contributed by atoms with van der Waals surface area (Å²) in [5, 5.41) is 6.24. The van der Waals surface area contributed by atoms with Gasteiger partial charge in [0.15, 0.2) is 0 Å². The van der Waals surface area contributed by atoms with Gasteiger partial charge in [-0.15, -0.1) is 0 Å². The maximum absolute atomic E-state index is 11.7. The number of carbonyl (C=O) groups is 1. The van der Waals surface area contributed by atoms with Gasteiger partial charge in [0.05, 0.1) is 6.26 Å². The van der Waals surface area contributed by atoms with Crippen molar-refractivity contribution in [2.24, 2.45) is 5.92 Å². The van der Waals surface area contributed by atoms with Crippen molar-refractivity contribution in [1.29, 1.82) is 0 Å². The molecular formula is C15H31N3O4S. The molecule has 0 spiro atoms. The third kappa shape index (κ3) is 9.78. The van der Waals surface area contributed by atoms with Gasteiger partial charge >= 0.3 is 6.09 Å². The van der Waals surface area contributed by atoms with E-state index in [1.807, 2.05) is 20.8 Å². The molecule has 8 heteroatoms. The minimum Gasteiger partial charge on any atom is -0.444 e. The number of sulfonamides is 1. The van der Waals surface area contributed by atoms with Crippen molar-refractivity contribution in [3.63, 3.8) is 0 Å². The van der Waals surface area contributed by atoms with Crippen molar-refractivity contribution >= 4 is 16.1 Å². The lowest BCUT2D eigenvalue weighted by molar-refractivity contribution is 0.0510. The first-order chi connectivity index (χ1) is 10.6. The van der Waals surface area contributed by atoms with Crippen LogP contribution in [0.25, 0.3) is 0 Å². The number of nitrogens with one attached hydrogen (secondary N) is 3. The second-order valence-corrected chi connectivity index (χ2v) is 8.99. The van der Waals surface area contributed by atoms with Crippen LogP contribution in [0.15, 0.2) is 0 Å². The largest absolute Gasteiger partial charge is 0.444 e. The van der Waals surface area contributed by atoms with E-state index in [1.165, 1.54) is 0 Å². The molecule has 1 saturated carbocycles. The highest BCUT2D eigenvalue weighted by Crippen LogP contribution is 2.24. The van der Waals surface area contributed by atoms with E-state index in [0.29, 0.717) is 31.6 Å². The molecule has 0 saturated heterocycles. The molecule has 0 heterocycles. The first kappa shape index (κ1) is 20.2. The van der Waals surface area contributed by atoms with Crippen LogP contribution in [0.1, 0.15) is 46.5 Å². The summed E-state index contributed by atoms with van der Waals surface area (Å²) in [6.07, 6.45) is 5.16. The van der Waals surface area contributed by atoms with Crippen molar-refractivity contribution < 1.29 is 17.9 Å². The second kappa shape index (κ2) is 8.84. The van der Waals surface area contributed by atoms with Gasteiger partial charge in [0, 0.05) is 25.7 Å². The van der Waals surface area contributed by atoms with Crippen LogP contribution in [-0.2, 0) is 14.8 Å². The van der Waals surface area contributed by atoms with E-state index in [-0.39, 0.29) is 6.09 Å². The van der Waals surface area contributed by atoms with Crippen LogP contribution in [-0.4, -0.2) is 52.0 Å². The van der Waals surface area contributed by atoms with Gasteiger partial charge in [0.1, 0.15) is 5.60 Å². The highest BCUT2D eigenvalue weighted by atomic mass is 32.2. The number of hydrogen-bond acceptors (Lipinski definition) is 5. The Balaban J connectivity index is 2.35. The summed E-state index contributed by atoms with van der Waals surface area (Å²) in [6, 6.07) is 0.292. The van der Waals surface area contributed by atoms with Crippen LogP contribution in [0.3, 0.4) is 0 Å². The summed E-state index contributed by atoms with van der Waals surface area (Å²) in [6.45, 7) is 7.05. The third-order valence-electron chi connectivity index (χ3n) is 3.71. The Bertz CT molecular complexity index is 474. The van der Waals surface area contributed by atoms with E-state index < -0.39 is 15.6 Å². The highest BCUT2D eigenvalue weighted by molar-refractivity contribution is 7.88. The van der Waals surface area contributed by atoms with Gasteiger partial charge in [-0.3, -0.25) is 0 Å². The molecule has 1 aliphatic carbocycles. The smallest absolute Gasteiger partial charge is 0.407 e. The molecule has 3 N–H and O–H groups in total. The molecular weight excluding hydrogens is 318 g/mol. The second-order valence-electron chi connectivity index (χ2n) is 7.15. The van der Waals surface area contributed by atoms with Crippen LogP contribution in [0.5, 0.6) is 0 Å². The minimum atomic E-state index is -3.14. The zero-order chi connectivity index (χ0) is 17.5. The summed E-state index contributed by atoms with van der Waals surface area (Å²) in [4.78, 5) is 11.7. The number of alkyl carbamates (subject to hydrolysis) is 1. The highest BCUT2D eigenvalue weighted by Gasteiger charge is 2.26. The molecule has 1 rings (SSSR count). The summed E-state index contributed by atoms with van der Waals surface area (Å²) >= 11 is 0. The molecule has 7 nitrogen and oxygen atoms in total. The maximum Gasteiger partial charge on any atom is 0.407 e. The van der Waals surface area contributed by atoms with Gasteiger partial charge in [-0.25, -0.2) is 17.9 Å². The number of amides is 1. The molecule has 0 aromatic carbocycles. The first-order valence-corrected chi connectivity index (χ1v) is 10.1. The number of carbonyl (C=O) groups excluding carboxylic acids is 1. The van der Waals surface area contributed by atoms with Crippen molar-refractivity contribution in [2.75, 3.05) is 25.9 Å². The lowest BCUT2D eigenvalue weighted by Crippen LogP contribution is -2.46. The molecule has 0 radical (unpaired) electrons. The van der Waals surface area contributed by atoms with E-state index in [4.69, 9.17) is 4.74 Å². The predicted molar refractivity (Wildman–Crippen MR) is 90.8 cm³/mol. The van der Waals surface area contributed by atoms with Gasteiger partial charge in [-0.1, -0.05) is 12.8 Å². The van der Waals surface area contributed by atoms with E-state index in [9.17, 15) is 13.2 Å². The zero-order valence-corrected chi connectivity index (χ0v) is 15.5. The molecule has 2 atom stereocenters. The van der Waals surface area contributed by atoms with Crippen molar-refractivity contribution in [2.45, 2.75) is 58.1 Å². The van der Waals surface area contributed by atoms with Crippen LogP contribution in [0.2, 0.25) is 0 Å². The van der Waals surface area contributed by atoms with E-state index in [0.717, 1.165) is 31.9 Å². The zero-order valence-electron chi connectivity index (χ0n) is 14.6. The van der Waals surface area contributed by atoms with Crippen LogP contribution >= 0.6 is 0 Å². The van der Waals surface area contributed by atoms with Gasteiger partial charge < -0.3 is 15.4 Å². The molecule has 0 aromatic rings. The molecule has 1 aliphatic rings. The molecule has 0 bridgehead atoms. The first-order valence-electron chi connectivity index (χ1n) is 8.22. The maximum atomic E-state index is 11.7. The van der Waals surface area contributed by atoms with E-state index >= 15 is 0 Å². The molecule has 1 amide bonds. The Morgan fingerprint density at radius 3 is 2.43 bits per heavy atom. The molecule has 0 aromatic heterocycles. The van der Waals surface area contributed by atoms with E-state index in [1.54, 1.807) is 0 Å². The Labute approximate surface area is 140 Å². The Hall–Kier alpha value is -0.860. The monoisotopic (exact) mass is 349 g/mol. The van der Waals surface area contributed by atoms with Crippen LogP contribution in [0.4, 0.5) is 4.79 Å². The number of hydrogen-bond donors (Lipinski definition) is 3. The third-order valence-corrected chi connectivity index (χ3v) is 4.44. The fourth-order valence-electron chi connectivity index (χ4n) is 2.74. The van der Waals surface area contributed by atoms with Crippen molar-refractivity contribution in [3.05, 3.63) is 0 Å². The normalized spacial score (nSPS) is 22.6. The quantitative estimate of drug-likeness (QED) is 0.600. The average molecular weight is 349 g/mol. The SMILES string of the molecule is CC(C)(C)OC(=O)NCC1CCCCC1NCCNS(C)(=O)=O. The Morgan fingerprint density at radius 1 is 1.17 bits per heavy atom. The van der Waals surface area contributed by atoms with Crippen molar-refractivity contribution in [1.82, 2.24) is 15.4 Å². The summed E-state index contributed by atoms with van der Waals surface area (Å²) in [5.74, 6) is 0.342. The standard InChI is InChI=1S/C15H31N3O4S/c1-15(2,3)22-14(19)17-11-12-7-5-6-8-13(12)16-9-10-18-23(4,20)21/h12-13,16,18H,5-11H2,1-4H3,(H,17,19). The predicted octanol–water partition coefficient (Wildman–Crippen LogP) is 1.21. The molecule has 136 valence electrons. The van der Waals surface area contributed by atoms with Crippen LogP contribution in [0, 0.1) is 5.92 Å². The lowest BCUT2D eigenvalue weighted by Gasteiger charge is -2.32. The number of rotatable bonds is 7. The average Bonchev–Trinajstić information content (AvgIpc) is 2.39. The van der Waals surface area contributed by atoms with Crippen LogP contribution < -0.4 is 15.4 Å². The lowest BCUT2D eigenvalue weighted by atomic mass is 9.84. The van der Waals surface area contributed by atoms with Gasteiger partial charge in [0.2, 0.25) is 10.0 Å². The summed E-state index contributed by atoms with van der Waals surface area (Å²) in [5.41, 5.74) is -0.494. The van der Waals surface area contributed by atoms with Gasteiger partial charge in [0.25, 0.3) is 0 Å². The summed E-state index contributed by atoms with van der Waals surface area (Å²) < 4.78 is 29.8. The molecule has 23 heavy (non-hydrogen) atoms. The Morgan fingerprint density at radius 2 is 1.83 bits per heavy atom.